The van der Waals surface area contributed by atoms with Crippen LogP contribution < -0.4 is 5.32 Å². The zero-order valence-corrected chi connectivity index (χ0v) is 29.2. The molecule has 0 bridgehead atoms. The summed E-state index contributed by atoms with van der Waals surface area (Å²) in [5.41, 5.74) is -0.571. The zero-order chi connectivity index (χ0) is 34.4. The number of phenolic OH excluding ortho intramolecular Hbond substituents is 2. The average Bonchev–Trinajstić information content (AvgIpc) is 2.98. The van der Waals surface area contributed by atoms with Gasteiger partial charge in [-0.15, -0.1) is 14.6 Å². The molecule has 1 aromatic heterocycles. The van der Waals surface area contributed by atoms with Gasteiger partial charge in [-0.1, -0.05) is 16.8 Å². The molecule has 267 valence electrons. The smallest absolute Gasteiger partial charge is 0.433 e. The van der Waals surface area contributed by atoms with Gasteiger partial charge in [-0.05, 0) is 75.7 Å². The first-order chi connectivity index (χ1) is 22.2. The van der Waals surface area contributed by atoms with Crippen LogP contribution >= 0.6 is 47.2 Å². The average molecular weight is 849 g/mol. The van der Waals surface area contributed by atoms with Gasteiger partial charge in [-0.2, -0.15) is 31.8 Å². The van der Waals surface area contributed by atoms with Crippen molar-refractivity contribution in [1.82, 2.24) is 15.0 Å². The first kappa shape index (κ1) is 41.9. The molecule has 0 aliphatic carbocycles. The van der Waals surface area contributed by atoms with Crippen molar-refractivity contribution in [2.75, 3.05) is 11.6 Å². The normalized spacial score (nSPS) is 11.4. The van der Waals surface area contributed by atoms with E-state index in [1.54, 1.807) is 6.26 Å². The molecule has 27 heteroatoms. The molecule has 1 radical (unpaired) electrons. The summed E-state index contributed by atoms with van der Waals surface area (Å²) in [6.07, 6.45) is 3.51. The molecule has 0 unspecified atom stereocenters. The van der Waals surface area contributed by atoms with E-state index < -0.39 is 36.9 Å². The summed E-state index contributed by atoms with van der Waals surface area (Å²) in [7, 11) is -9.65. The maximum absolute atomic E-state index is 12.1. The van der Waals surface area contributed by atoms with E-state index in [4.69, 9.17) is 21.4 Å². The molecule has 1 heterocycles. The number of azo groups is 1. The van der Waals surface area contributed by atoms with Crippen LogP contribution in [0.5, 0.6) is 11.5 Å². The summed E-state index contributed by atoms with van der Waals surface area (Å²) >= 11 is 8.21. The van der Waals surface area contributed by atoms with Crippen LogP contribution in [0, 0.1) is 11.4 Å². The minimum Gasteiger partial charge on any atom is -0.506 e. The summed E-state index contributed by atoms with van der Waals surface area (Å²) in [4.78, 5) is 15.6. The van der Waals surface area contributed by atoms with E-state index in [-0.39, 0.29) is 71.7 Å². The minimum absolute atomic E-state index is 0. The number of nitrogens with zero attached hydrogens (tertiary/aromatic N) is 5. The summed E-state index contributed by atoms with van der Waals surface area (Å²) in [6, 6.07) is 7.20. The summed E-state index contributed by atoms with van der Waals surface area (Å²) in [6.45, 7) is 0. The molecule has 4 rings (SSSR count). The number of nitrogens with one attached hydrogen (secondary N) is 1. The van der Waals surface area contributed by atoms with Crippen LogP contribution in [0.2, 0.25) is 5.28 Å². The van der Waals surface area contributed by atoms with Crippen LogP contribution in [0.15, 0.2) is 66.5 Å². The molecule has 49 heavy (non-hydrogen) atoms. The van der Waals surface area contributed by atoms with Gasteiger partial charge in [-0.3, -0.25) is 14.0 Å². The van der Waals surface area contributed by atoms with Crippen LogP contribution in [-0.4, -0.2) is 68.1 Å². The molecule has 0 amide bonds. The second-order valence-electron chi connectivity index (χ2n) is 8.12. The third kappa shape index (κ3) is 11.7. The van der Waals surface area contributed by atoms with Crippen LogP contribution in [-0.2, 0) is 56.2 Å². The van der Waals surface area contributed by atoms with Crippen molar-refractivity contribution in [2.24, 2.45) is 10.2 Å². The molecule has 8 N–H and O–H groups in total. The second kappa shape index (κ2) is 18.1. The molecule has 0 saturated carbocycles. The molecule has 0 fully saturated rings. The molecule has 0 spiro atoms. The fraction of sp³-hybridized carbons (Fsp3) is 0.0455. The van der Waals surface area contributed by atoms with Crippen LogP contribution in [0.4, 0.5) is 23.0 Å². The Morgan fingerprint density at radius 1 is 1.02 bits per heavy atom. The van der Waals surface area contributed by atoms with Crippen molar-refractivity contribution in [3.63, 3.8) is 0 Å². The molecule has 20 nitrogen and oxygen atoms in total. The van der Waals surface area contributed by atoms with Gasteiger partial charge in [0.1, 0.15) is 17.1 Å². The summed E-state index contributed by atoms with van der Waals surface area (Å²) in [5.74, 6) is -1.19. The summed E-state index contributed by atoms with van der Waals surface area (Å²) in [5, 5.41) is 47.1. The Kier molecular flexibility index (Phi) is 15.5. The Hall–Kier alpha value is -3.23. The molecule has 0 saturated heterocycles. The van der Waals surface area contributed by atoms with Gasteiger partial charge in [0.05, 0.1) is 27.5 Å². The Morgan fingerprint density at radius 2 is 1.76 bits per heavy atom. The van der Waals surface area contributed by atoms with Crippen molar-refractivity contribution in [1.29, 1.82) is 0 Å². The summed E-state index contributed by atoms with van der Waals surface area (Å²) < 4.78 is 71.3. The van der Waals surface area contributed by atoms with E-state index in [2.05, 4.69) is 54.3 Å². The third-order valence-electron chi connectivity index (χ3n) is 5.17. The first-order valence-electron chi connectivity index (χ1n) is 11.6. The van der Waals surface area contributed by atoms with Crippen molar-refractivity contribution < 1.29 is 82.5 Å². The van der Waals surface area contributed by atoms with E-state index in [1.165, 1.54) is 24.3 Å². The Morgan fingerprint density at radius 3 is 2.39 bits per heavy atom. The fourth-order valence-corrected chi connectivity index (χ4v) is 5.65. The molecule has 4 aromatic rings. The minimum atomic E-state index is -4.86. The number of thioether (sulfide) groups is 2. The maximum Gasteiger partial charge on any atom is 0.433 e. The molecule has 0 atom stereocenters. The van der Waals surface area contributed by atoms with Crippen molar-refractivity contribution >= 4 is 101 Å². The zero-order valence-electron chi connectivity index (χ0n) is 23.4. The van der Waals surface area contributed by atoms with Gasteiger partial charge < -0.3 is 21.0 Å². The third-order valence-corrected chi connectivity index (χ3v) is 8.25. The van der Waals surface area contributed by atoms with Gasteiger partial charge in [0, 0.05) is 32.6 Å². The fourth-order valence-electron chi connectivity index (χ4n) is 3.43. The van der Waals surface area contributed by atoms with Crippen molar-refractivity contribution in [2.45, 2.75) is 19.8 Å². The first-order valence-corrected chi connectivity index (χ1v) is 17.6. The van der Waals surface area contributed by atoms with Crippen molar-refractivity contribution in [3.05, 3.63) is 41.7 Å². The van der Waals surface area contributed by atoms with Gasteiger partial charge in [0.2, 0.25) is 11.2 Å². The number of hydrogen-bond donors (Lipinski definition) is 6. The SMILES string of the molecule is CSc1nc(Cl)nc(Nc2cc(S(=O)(=O)O)cc3cc(SOOO)c(N=Nc4ccc(SC#COOS(=O)(=O)O)cc4O)c(O)c23)n1.O.[Cu]. The number of anilines is 2. The van der Waals surface area contributed by atoms with Gasteiger partial charge in [0.25, 0.3) is 10.1 Å². The van der Waals surface area contributed by atoms with Crippen LogP contribution in [0.3, 0.4) is 0 Å². The van der Waals surface area contributed by atoms with E-state index in [1.807, 2.05) is 6.11 Å². The van der Waals surface area contributed by atoms with Crippen molar-refractivity contribution in [3.8, 4) is 22.9 Å². The van der Waals surface area contributed by atoms with Gasteiger partial charge in [-0.25, -0.2) is 5.26 Å². The number of aromatic hydroxyl groups is 2. The number of phenols is 2. The van der Waals surface area contributed by atoms with E-state index >= 15 is 0 Å². The van der Waals surface area contributed by atoms with Gasteiger partial charge >= 0.3 is 10.4 Å². The van der Waals surface area contributed by atoms with E-state index in [9.17, 15) is 31.6 Å². The Balaban J connectivity index is 0.00000417. The number of fused-ring (bicyclic) bond motifs is 1. The molecular formula is C22H17ClCuN6O14S5. The standard InChI is InChI=1S/C22H15ClN6O13S5.Cu.H2O/c1-43-22-26-20(23)25-21(27-22)24-14-9-12(46(33,34)35)6-10-7-16(45-41-40-32)18(19(31)17(10)14)29-28-13-3-2-11(8-15(13)30)44-5-4-39-42-47(36,37)38;;/h2-3,6-9,30-32H,1H3,(H,33,34,35)(H,36,37,38)(H,24,25,26,27);;1H2. The van der Waals surface area contributed by atoms with Crippen LogP contribution in [0.25, 0.3) is 10.8 Å². The predicted octanol–water partition coefficient (Wildman–Crippen LogP) is 4.58. The maximum atomic E-state index is 12.1. The quantitative estimate of drug-likeness (QED) is 0.0166. The Labute approximate surface area is 303 Å². The molecule has 0 aliphatic heterocycles. The number of aromatic nitrogens is 3. The molecular weight excluding hydrogens is 832 g/mol. The largest absolute Gasteiger partial charge is 0.506 e. The van der Waals surface area contributed by atoms with E-state index in [0.29, 0.717) is 16.9 Å². The Bertz CT molecular complexity index is 2160. The number of halogens is 1. The number of benzene rings is 3. The number of rotatable bonds is 12. The molecule has 0 aliphatic rings. The monoisotopic (exact) mass is 847 g/mol. The predicted molar refractivity (Wildman–Crippen MR) is 169 cm³/mol. The van der Waals surface area contributed by atoms with Gasteiger partial charge in [0.15, 0.2) is 17.0 Å². The van der Waals surface area contributed by atoms with E-state index in [0.717, 1.165) is 35.7 Å². The topological polar surface area (TPSA) is 313 Å². The molecule has 3 aromatic carbocycles. The van der Waals surface area contributed by atoms with Crippen LogP contribution in [0.1, 0.15) is 0 Å². The number of hydrogen-bond acceptors (Lipinski definition) is 20. The second-order valence-corrected chi connectivity index (χ2v) is 13.3.